The summed E-state index contributed by atoms with van der Waals surface area (Å²) in [7, 11) is 0. The minimum atomic E-state index is -7.81. The zero-order valence-corrected chi connectivity index (χ0v) is 12.3. The summed E-state index contributed by atoms with van der Waals surface area (Å²) in [6.07, 6.45) is -10.5. The van der Waals surface area contributed by atoms with Crippen molar-refractivity contribution in [3.63, 3.8) is 0 Å². The highest BCUT2D eigenvalue weighted by Gasteiger charge is 2.90. The summed E-state index contributed by atoms with van der Waals surface area (Å²) in [5, 5.41) is 0. The molecule has 0 bridgehead atoms. The summed E-state index contributed by atoms with van der Waals surface area (Å²) in [6, 6.07) is 0. The van der Waals surface area contributed by atoms with Gasteiger partial charge in [0.2, 0.25) is 0 Å². The van der Waals surface area contributed by atoms with Gasteiger partial charge >= 0.3 is 35.8 Å². The fourth-order valence-corrected chi connectivity index (χ4v) is 1.27. The van der Waals surface area contributed by atoms with E-state index in [1.165, 1.54) is 0 Å². The first-order chi connectivity index (χ1) is 10.3. The number of hydrogen-bond donors (Lipinski definition) is 0. The summed E-state index contributed by atoms with van der Waals surface area (Å²) in [4.78, 5) is 0. The maximum atomic E-state index is 12.9. The minimum absolute atomic E-state index is 0.741. The van der Waals surface area contributed by atoms with E-state index in [9.17, 15) is 57.1 Å². The Kier molecular flexibility index (Phi) is 7.54. The molecule has 0 N–H and O–H groups in total. The second-order valence-corrected chi connectivity index (χ2v) is 4.25. The van der Waals surface area contributed by atoms with Gasteiger partial charge in [0.25, 0.3) is 0 Å². The summed E-state index contributed by atoms with van der Waals surface area (Å²) in [6.45, 7) is 4.74. The largest absolute Gasteiger partial charge is 0.460 e. The van der Waals surface area contributed by atoms with E-state index >= 15 is 0 Å². The van der Waals surface area contributed by atoms with Gasteiger partial charge in [0.15, 0.2) is 0 Å². The lowest BCUT2D eigenvalue weighted by Crippen LogP contribution is -2.70. The Balaban J connectivity index is 0. The third-order valence-corrected chi connectivity index (χ3v) is 2.56. The van der Waals surface area contributed by atoms with E-state index in [4.69, 9.17) is 0 Å². The van der Waals surface area contributed by atoms with E-state index in [1.807, 2.05) is 13.8 Å². The van der Waals surface area contributed by atoms with Crippen molar-refractivity contribution < 1.29 is 57.1 Å². The van der Waals surface area contributed by atoms with Crippen molar-refractivity contribution in [1.82, 2.24) is 0 Å². The predicted molar refractivity (Wildman–Crippen MR) is 57.0 cm³/mol. The van der Waals surface area contributed by atoms with Gasteiger partial charge < -0.3 is 0 Å². The first-order valence-corrected chi connectivity index (χ1v) is 6.27. The Morgan fingerprint density at radius 2 is 0.792 bits per heavy atom. The van der Waals surface area contributed by atoms with Crippen molar-refractivity contribution in [1.29, 1.82) is 0 Å². The summed E-state index contributed by atoms with van der Waals surface area (Å²) in [5.41, 5.74) is 0. The average Bonchev–Trinajstić information content (AvgIpc) is 2.38. The molecule has 0 aromatic heterocycles. The van der Waals surface area contributed by atoms with Gasteiger partial charge in [0, 0.05) is 6.42 Å². The summed E-state index contributed by atoms with van der Waals surface area (Å²) >= 11 is 0. The van der Waals surface area contributed by atoms with Crippen LogP contribution >= 0.6 is 0 Å². The van der Waals surface area contributed by atoms with E-state index in [0.29, 0.717) is 0 Å². The van der Waals surface area contributed by atoms with E-state index in [1.54, 1.807) is 0 Å². The van der Waals surface area contributed by atoms with Crippen LogP contribution in [-0.2, 0) is 0 Å². The lowest BCUT2D eigenvalue weighted by atomic mass is 9.92. The Labute approximate surface area is 128 Å². The Bertz CT molecular complexity index is 393. The molecule has 0 saturated carbocycles. The SMILES string of the molecule is CC.CCCC(F)(F)C(F)(F)C(F)(F)C(F)(F)C(F)(F)C(F)(F)F. The van der Waals surface area contributed by atoms with Crippen molar-refractivity contribution in [2.75, 3.05) is 0 Å². The summed E-state index contributed by atoms with van der Waals surface area (Å²) in [5.74, 6) is -36.2. The molecule has 13 heteroatoms. The number of hydrogen-bond acceptors (Lipinski definition) is 0. The standard InChI is InChI=1S/C9H7F13.C2H6/c1-2-3-4(10,11)5(12,13)6(14,15)7(16,17)8(18,19)9(20,21)22;1-2/h2-3H2,1H3;1-2H3. The summed E-state index contributed by atoms with van der Waals surface area (Å²) < 4.78 is 162. The van der Waals surface area contributed by atoms with Crippen molar-refractivity contribution in [3.8, 4) is 0 Å². The van der Waals surface area contributed by atoms with Crippen molar-refractivity contribution in [3.05, 3.63) is 0 Å². The normalized spacial score (nSPS) is 15.0. The zero-order valence-electron chi connectivity index (χ0n) is 12.3. The van der Waals surface area contributed by atoms with E-state index in [0.717, 1.165) is 6.92 Å². The van der Waals surface area contributed by atoms with Crippen molar-refractivity contribution in [2.24, 2.45) is 0 Å². The van der Waals surface area contributed by atoms with Gasteiger partial charge in [0.1, 0.15) is 0 Å². The Morgan fingerprint density at radius 1 is 0.500 bits per heavy atom. The molecule has 0 aliphatic rings. The maximum Gasteiger partial charge on any atom is 0.460 e. The maximum absolute atomic E-state index is 12.9. The molecule has 0 spiro atoms. The molecule has 0 aromatic carbocycles. The van der Waals surface area contributed by atoms with E-state index in [-0.39, 0.29) is 0 Å². The predicted octanol–water partition coefficient (Wildman–Crippen LogP) is 6.55. The van der Waals surface area contributed by atoms with Crippen molar-refractivity contribution >= 4 is 0 Å². The van der Waals surface area contributed by atoms with Gasteiger partial charge in [-0.05, 0) is 0 Å². The zero-order chi connectivity index (χ0) is 20.4. The van der Waals surface area contributed by atoms with E-state index in [2.05, 4.69) is 0 Å². The van der Waals surface area contributed by atoms with Crippen LogP contribution in [-0.4, -0.2) is 35.8 Å². The molecule has 0 aromatic rings. The van der Waals surface area contributed by atoms with Crippen LogP contribution in [0.1, 0.15) is 33.6 Å². The monoisotopic (exact) mass is 392 g/mol. The van der Waals surface area contributed by atoms with Gasteiger partial charge in [-0.2, -0.15) is 57.1 Å². The van der Waals surface area contributed by atoms with Gasteiger partial charge in [0.05, 0.1) is 0 Å². The second-order valence-electron chi connectivity index (χ2n) is 4.25. The Morgan fingerprint density at radius 3 is 1.04 bits per heavy atom. The minimum Gasteiger partial charge on any atom is -0.200 e. The molecule has 24 heavy (non-hydrogen) atoms. The molecule has 0 unspecified atom stereocenters. The fourth-order valence-electron chi connectivity index (χ4n) is 1.27. The molecule has 0 nitrogen and oxygen atoms in total. The van der Waals surface area contributed by atoms with Crippen LogP contribution in [0, 0.1) is 0 Å². The average molecular weight is 392 g/mol. The number of rotatable bonds is 6. The van der Waals surface area contributed by atoms with Gasteiger partial charge in [-0.3, -0.25) is 0 Å². The first-order valence-electron chi connectivity index (χ1n) is 6.27. The molecule has 0 fully saturated rings. The molecule has 0 aliphatic carbocycles. The first kappa shape index (κ1) is 25.3. The lowest BCUT2D eigenvalue weighted by molar-refractivity contribution is -0.440. The van der Waals surface area contributed by atoms with Crippen LogP contribution in [0.4, 0.5) is 57.1 Å². The molecular formula is C11H13F13. The smallest absolute Gasteiger partial charge is 0.200 e. The molecule has 0 saturated heterocycles. The molecule has 0 rings (SSSR count). The molecule has 0 heterocycles. The molecule has 0 radical (unpaired) electrons. The molecular weight excluding hydrogens is 379 g/mol. The van der Waals surface area contributed by atoms with Crippen LogP contribution in [0.3, 0.4) is 0 Å². The van der Waals surface area contributed by atoms with Gasteiger partial charge in [-0.25, -0.2) is 0 Å². The van der Waals surface area contributed by atoms with Crippen LogP contribution in [0.25, 0.3) is 0 Å². The second kappa shape index (κ2) is 7.14. The highest BCUT2D eigenvalue weighted by Crippen LogP contribution is 2.60. The van der Waals surface area contributed by atoms with Crippen molar-refractivity contribution in [2.45, 2.75) is 69.4 Å². The lowest BCUT2D eigenvalue weighted by Gasteiger charge is -2.39. The molecule has 0 atom stereocenters. The van der Waals surface area contributed by atoms with E-state index < -0.39 is 48.6 Å². The Hall–Kier alpha value is -0.910. The topological polar surface area (TPSA) is 0 Å². The van der Waals surface area contributed by atoms with Gasteiger partial charge in [-0.15, -0.1) is 0 Å². The molecule has 0 aliphatic heterocycles. The highest BCUT2D eigenvalue weighted by molar-refractivity contribution is 5.10. The van der Waals surface area contributed by atoms with Gasteiger partial charge in [-0.1, -0.05) is 27.2 Å². The number of halogens is 13. The molecule has 0 amide bonds. The number of alkyl halides is 13. The van der Waals surface area contributed by atoms with Crippen LogP contribution < -0.4 is 0 Å². The van der Waals surface area contributed by atoms with Crippen LogP contribution in [0.5, 0.6) is 0 Å². The quantitative estimate of drug-likeness (QED) is 0.450. The molecule has 148 valence electrons. The van der Waals surface area contributed by atoms with Crippen LogP contribution in [0.2, 0.25) is 0 Å². The van der Waals surface area contributed by atoms with Crippen LogP contribution in [0.15, 0.2) is 0 Å². The third-order valence-electron chi connectivity index (χ3n) is 2.56. The highest BCUT2D eigenvalue weighted by atomic mass is 19.4. The fraction of sp³-hybridized carbons (Fsp3) is 1.00. The third kappa shape index (κ3) is 3.68.